The first-order valence-electron chi connectivity index (χ1n) is 11.7. The van der Waals surface area contributed by atoms with Gasteiger partial charge in [-0.15, -0.1) is 11.3 Å². The summed E-state index contributed by atoms with van der Waals surface area (Å²) in [5.74, 6) is 2.01. The van der Waals surface area contributed by atoms with E-state index >= 15 is 0 Å². The van der Waals surface area contributed by atoms with E-state index in [2.05, 4.69) is 10.3 Å². The third-order valence-electron chi connectivity index (χ3n) is 5.49. The van der Waals surface area contributed by atoms with E-state index in [1.165, 1.54) is 11.3 Å². The van der Waals surface area contributed by atoms with Crippen LogP contribution in [0.5, 0.6) is 17.2 Å². The SMILES string of the molecule is O=C(NCc1cccc(Oc2ccccc2)c1)c1csc(-c2ccc(OCc3ccc(Cl)cc3)cc2)n1. The molecular formula is C30H23ClN2O3S. The number of ether oxygens (including phenoxy) is 2. The summed E-state index contributed by atoms with van der Waals surface area (Å²) in [5, 5.41) is 6.18. The largest absolute Gasteiger partial charge is 0.489 e. The van der Waals surface area contributed by atoms with Crippen LogP contribution in [0.25, 0.3) is 10.6 Å². The molecule has 0 unspecified atom stereocenters. The molecule has 0 aliphatic rings. The van der Waals surface area contributed by atoms with E-state index in [-0.39, 0.29) is 5.91 Å². The molecule has 0 saturated carbocycles. The maximum atomic E-state index is 12.7. The van der Waals surface area contributed by atoms with Crippen molar-refractivity contribution in [1.29, 1.82) is 0 Å². The molecule has 0 saturated heterocycles. The van der Waals surface area contributed by atoms with Gasteiger partial charge in [0.25, 0.3) is 5.91 Å². The summed E-state index contributed by atoms with van der Waals surface area (Å²) in [6.45, 7) is 0.830. The number of aromatic nitrogens is 1. The van der Waals surface area contributed by atoms with Gasteiger partial charge in [-0.2, -0.15) is 0 Å². The zero-order valence-corrected chi connectivity index (χ0v) is 21.3. The van der Waals surface area contributed by atoms with Gasteiger partial charge in [0.05, 0.1) is 0 Å². The highest BCUT2D eigenvalue weighted by atomic mass is 35.5. The first-order valence-corrected chi connectivity index (χ1v) is 12.9. The standard InChI is InChI=1S/C30H23ClN2O3S/c31-24-13-9-21(10-14-24)19-35-25-15-11-23(12-16-25)30-33-28(20-37-30)29(34)32-18-22-5-4-8-27(17-22)36-26-6-2-1-3-7-26/h1-17,20H,18-19H2,(H,32,34). The summed E-state index contributed by atoms with van der Waals surface area (Å²) < 4.78 is 11.7. The summed E-state index contributed by atoms with van der Waals surface area (Å²) in [6.07, 6.45) is 0. The van der Waals surface area contributed by atoms with E-state index in [9.17, 15) is 4.79 Å². The van der Waals surface area contributed by atoms with Gasteiger partial charge < -0.3 is 14.8 Å². The van der Waals surface area contributed by atoms with Gasteiger partial charge >= 0.3 is 0 Å². The van der Waals surface area contributed by atoms with Crippen molar-refractivity contribution < 1.29 is 14.3 Å². The molecular weight excluding hydrogens is 504 g/mol. The zero-order chi connectivity index (χ0) is 25.5. The number of carbonyl (C=O) groups is 1. The first-order chi connectivity index (χ1) is 18.1. The molecule has 5 rings (SSSR count). The maximum Gasteiger partial charge on any atom is 0.271 e. The van der Waals surface area contributed by atoms with Crippen LogP contribution in [0.1, 0.15) is 21.6 Å². The van der Waals surface area contributed by atoms with E-state index < -0.39 is 0 Å². The maximum absolute atomic E-state index is 12.7. The average Bonchev–Trinajstić information content (AvgIpc) is 3.43. The molecule has 37 heavy (non-hydrogen) atoms. The minimum Gasteiger partial charge on any atom is -0.489 e. The van der Waals surface area contributed by atoms with Crippen LogP contribution in [-0.2, 0) is 13.2 Å². The van der Waals surface area contributed by atoms with Gasteiger partial charge in [0.15, 0.2) is 0 Å². The Bertz CT molecular complexity index is 1470. The molecule has 0 bridgehead atoms. The van der Waals surface area contributed by atoms with Crippen LogP contribution >= 0.6 is 22.9 Å². The van der Waals surface area contributed by atoms with Gasteiger partial charge in [-0.3, -0.25) is 4.79 Å². The van der Waals surface area contributed by atoms with Gasteiger partial charge in [0, 0.05) is 22.5 Å². The van der Waals surface area contributed by atoms with Gasteiger partial charge in [-0.1, -0.05) is 54.1 Å². The zero-order valence-electron chi connectivity index (χ0n) is 19.8. The van der Waals surface area contributed by atoms with E-state index in [0.717, 1.165) is 38.9 Å². The minimum atomic E-state index is -0.222. The molecule has 0 aliphatic heterocycles. The third-order valence-corrected chi connectivity index (χ3v) is 6.63. The molecule has 4 aromatic carbocycles. The second-order valence-corrected chi connectivity index (χ2v) is 9.52. The second kappa shape index (κ2) is 11.7. The lowest BCUT2D eigenvalue weighted by molar-refractivity contribution is 0.0946. The Morgan fingerprint density at radius 1 is 0.811 bits per heavy atom. The lowest BCUT2D eigenvalue weighted by Crippen LogP contribution is -2.23. The average molecular weight is 527 g/mol. The Labute approximate surface area is 224 Å². The Morgan fingerprint density at radius 3 is 2.35 bits per heavy atom. The summed E-state index contributed by atoms with van der Waals surface area (Å²) in [4.78, 5) is 17.2. The molecule has 1 N–H and O–H groups in total. The highest BCUT2D eigenvalue weighted by molar-refractivity contribution is 7.13. The van der Waals surface area contributed by atoms with Crippen LogP contribution in [0.15, 0.2) is 109 Å². The Hall–Kier alpha value is -4.13. The highest BCUT2D eigenvalue weighted by Gasteiger charge is 2.12. The van der Waals surface area contributed by atoms with Gasteiger partial charge in [0.2, 0.25) is 0 Å². The Balaban J connectivity index is 1.15. The lowest BCUT2D eigenvalue weighted by Gasteiger charge is -2.08. The smallest absolute Gasteiger partial charge is 0.271 e. The Kier molecular flexibility index (Phi) is 7.79. The third kappa shape index (κ3) is 6.76. The minimum absolute atomic E-state index is 0.222. The van der Waals surface area contributed by atoms with Crippen molar-refractivity contribution in [1.82, 2.24) is 10.3 Å². The van der Waals surface area contributed by atoms with Gasteiger partial charge in [-0.25, -0.2) is 4.98 Å². The van der Waals surface area contributed by atoms with E-state index in [1.807, 2.05) is 103 Å². The molecule has 1 heterocycles. The number of para-hydroxylation sites is 1. The van der Waals surface area contributed by atoms with Crippen LogP contribution < -0.4 is 14.8 Å². The molecule has 1 aromatic heterocycles. The van der Waals surface area contributed by atoms with Crippen LogP contribution in [0.3, 0.4) is 0 Å². The normalized spacial score (nSPS) is 10.6. The van der Waals surface area contributed by atoms with Crippen LogP contribution in [-0.4, -0.2) is 10.9 Å². The van der Waals surface area contributed by atoms with E-state index in [0.29, 0.717) is 23.9 Å². The number of benzene rings is 4. The predicted molar refractivity (Wildman–Crippen MR) is 147 cm³/mol. The fourth-order valence-corrected chi connectivity index (χ4v) is 4.50. The number of nitrogens with zero attached hydrogens (tertiary/aromatic N) is 1. The van der Waals surface area contributed by atoms with Crippen molar-refractivity contribution >= 4 is 28.8 Å². The van der Waals surface area contributed by atoms with E-state index in [1.54, 1.807) is 5.38 Å². The molecule has 0 aliphatic carbocycles. The first kappa shape index (κ1) is 24.6. The van der Waals surface area contributed by atoms with Crippen molar-refractivity contribution in [3.05, 3.63) is 130 Å². The monoisotopic (exact) mass is 526 g/mol. The lowest BCUT2D eigenvalue weighted by atomic mass is 10.2. The summed E-state index contributed by atoms with van der Waals surface area (Å²) in [7, 11) is 0. The fourth-order valence-electron chi connectivity index (χ4n) is 3.57. The molecule has 0 fully saturated rings. The van der Waals surface area contributed by atoms with Crippen LogP contribution in [0.2, 0.25) is 5.02 Å². The van der Waals surface area contributed by atoms with Gasteiger partial charge in [0.1, 0.15) is 34.6 Å². The summed E-state index contributed by atoms with van der Waals surface area (Å²) in [6, 6.07) is 32.5. The van der Waals surface area contributed by atoms with Crippen LogP contribution in [0, 0.1) is 0 Å². The van der Waals surface area contributed by atoms with Gasteiger partial charge in [-0.05, 0) is 71.8 Å². The van der Waals surface area contributed by atoms with Crippen molar-refractivity contribution in [2.24, 2.45) is 0 Å². The molecule has 0 radical (unpaired) electrons. The van der Waals surface area contributed by atoms with Crippen molar-refractivity contribution in [2.75, 3.05) is 0 Å². The number of amides is 1. The molecule has 7 heteroatoms. The Morgan fingerprint density at radius 2 is 1.57 bits per heavy atom. The van der Waals surface area contributed by atoms with Crippen molar-refractivity contribution in [3.63, 3.8) is 0 Å². The predicted octanol–water partition coefficient (Wildman–Crippen LogP) is 7.76. The highest BCUT2D eigenvalue weighted by Crippen LogP contribution is 2.26. The summed E-state index contributed by atoms with van der Waals surface area (Å²) >= 11 is 7.35. The number of halogens is 1. The van der Waals surface area contributed by atoms with E-state index in [4.69, 9.17) is 21.1 Å². The van der Waals surface area contributed by atoms with Crippen molar-refractivity contribution in [3.8, 4) is 27.8 Å². The molecule has 1 amide bonds. The van der Waals surface area contributed by atoms with Crippen molar-refractivity contribution in [2.45, 2.75) is 13.2 Å². The number of hydrogen-bond donors (Lipinski definition) is 1. The number of rotatable bonds is 9. The molecule has 184 valence electrons. The fraction of sp³-hybridized carbons (Fsp3) is 0.0667. The molecule has 5 nitrogen and oxygen atoms in total. The van der Waals surface area contributed by atoms with Crippen LogP contribution in [0.4, 0.5) is 0 Å². The number of carbonyl (C=O) groups excluding carboxylic acids is 1. The second-order valence-electron chi connectivity index (χ2n) is 8.22. The number of nitrogens with one attached hydrogen (secondary N) is 1. The number of hydrogen-bond acceptors (Lipinski definition) is 5. The molecule has 0 spiro atoms. The number of thiazole rings is 1. The molecule has 5 aromatic rings. The molecule has 0 atom stereocenters. The summed E-state index contributed by atoms with van der Waals surface area (Å²) in [5.41, 5.74) is 3.29. The quantitative estimate of drug-likeness (QED) is 0.213. The topological polar surface area (TPSA) is 60.5 Å².